The van der Waals surface area contributed by atoms with E-state index in [1.165, 1.54) is 0 Å². The summed E-state index contributed by atoms with van der Waals surface area (Å²) in [6.07, 6.45) is 0. The molecular weight excluding hydrogens is 288 g/mol. The SMILES string of the molecule is CC(=O)C(O)(O)CS.S.S.S.S.S. The van der Waals surface area contributed by atoms with Crippen LogP contribution in [0.1, 0.15) is 6.92 Å². The van der Waals surface area contributed by atoms with Gasteiger partial charge in [-0.25, -0.2) is 0 Å². The van der Waals surface area contributed by atoms with Gasteiger partial charge in [-0.15, -0.1) is 0 Å². The number of Topliss-reactive ketones (excluding diaryl/α,β-unsaturated/α-hetero) is 1. The van der Waals surface area contributed by atoms with Crippen LogP contribution in [0.15, 0.2) is 0 Å². The highest BCUT2D eigenvalue weighted by atomic mass is 32.1. The van der Waals surface area contributed by atoms with E-state index in [1.807, 2.05) is 0 Å². The highest BCUT2D eigenvalue weighted by Gasteiger charge is 2.26. The molecule has 0 aliphatic heterocycles. The van der Waals surface area contributed by atoms with Crippen LogP contribution in [0.2, 0.25) is 0 Å². The highest BCUT2D eigenvalue weighted by Crippen LogP contribution is 2.01. The number of ketones is 1. The van der Waals surface area contributed by atoms with Gasteiger partial charge in [-0.05, 0) is 0 Å². The van der Waals surface area contributed by atoms with Gasteiger partial charge in [-0.3, -0.25) is 4.79 Å². The minimum Gasteiger partial charge on any atom is -0.359 e. The second-order valence-electron chi connectivity index (χ2n) is 1.53. The van der Waals surface area contributed by atoms with Crippen LogP contribution in [0.5, 0.6) is 0 Å². The molecule has 0 atom stereocenters. The quantitative estimate of drug-likeness (QED) is 0.487. The van der Waals surface area contributed by atoms with Gasteiger partial charge in [-0.2, -0.15) is 80.1 Å². The van der Waals surface area contributed by atoms with Crippen molar-refractivity contribution in [3.8, 4) is 0 Å². The Labute approximate surface area is 119 Å². The zero-order chi connectivity index (χ0) is 6.78. The van der Waals surface area contributed by atoms with Crippen molar-refractivity contribution in [1.82, 2.24) is 0 Å². The maximum atomic E-state index is 10.1. The Bertz CT molecular complexity index is 108. The van der Waals surface area contributed by atoms with E-state index in [0.29, 0.717) is 0 Å². The molecule has 2 N–H and O–H groups in total. The van der Waals surface area contributed by atoms with Crippen LogP contribution < -0.4 is 0 Å². The zero-order valence-electron chi connectivity index (χ0n) is 6.96. The predicted molar refractivity (Wildman–Crippen MR) is 83.6 cm³/mol. The lowest BCUT2D eigenvalue weighted by molar-refractivity contribution is -0.171. The van der Waals surface area contributed by atoms with Crippen molar-refractivity contribution in [1.29, 1.82) is 0 Å². The molecule has 0 saturated carbocycles. The van der Waals surface area contributed by atoms with Crippen LogP contribution in [0.4, 0.5) is 0 Å². The maximum absolute atomic E-state index is 10.1. The van der Waals surface area contributed by atoms with E-state index in [0.717, 1.165) is 6.92 Å². The van der Waals surface area contributed by atoms with Crippen LogP contribution in [-0.4, -0.2) is 27.5 Å². The Morgan fingerprint density at radius 2 is 1.38 bits per heavy atom. The molecule has 0 fully saturated rings. The van der Waals surface area contributed by atoms with E-state index in [9.17, 15) is 4.79 Å². The lowest BCUT2D eigenvalue weighted by atomic mass is 10.2. The fourth-order valence-corrected chi connectivity index (χ4v) is 0.334. The summed E-state index contributed by atoms with van der Waals surface area (Å²) in [7, 11) is 0. The Balaban J connectivity index is -0.0000000245. The van der Waals surface area contributed by atoms with Crippen molar-refractivity contribution < 1.29 is 15.0 Å². The van der Waals surface area contributed by atoms with Crippen LogP contribution >= 0.6 is 80.1 Å². The summed E-state index contributed by atoms with van der Waals surface area (Å²) < 4.78 is 0. The summed E-state index contributed by atoms with van der Waals surface area (Å²) >= 11 is 3.52. The van der Waals surface area contributed by atoms with Crippen molar-refractivity contribution >= 4 is 85.9 Å². The smallest absolute Gasteiger partial charge is 0.232 e. The summed E-state index contributed by atoms with van der Waals surface area (Å²) in [5, 5.41) is 17.1. The third-order valence-electron chi connectivity index (χ3n) is 0.784. The first-order chi connectivity index (χ1) is 3.50. The molecule has 0 aliphatic carbocycles. The summed E-state index contributed by atoms with van der Waals surface area (Å²) in [4.78, 5) is 10.1. The van der Waals surface area contributed by atoms with Crippen molar-refractivity contribution in [2.45, 2.75) is 12.7 Å². The third kappa shape index (κ3) is 16.4. The number of hydrogen-bond acceptors (Lipinski definition) is 4. The molecule has 0 unspecified atom stereocenters. The van der Waals surface area contributed by atoms with E-state index in [1.54, 1.807) is 0 Å². The van der Waals surface area contributed by atoms with Crippen molar-refractivity contribution in [2.75, 3.05) is 5.75 Å². The molecule has 0 bridgehead atoms. The summed E-state index contributed by atoms with van der Waals surface area (Å²) in [5.74, 6) is -3.18. The largest absolute Gasteiger partial charge is 0.359 e. The minimum atomic E-state index is -2.23. The molecule has 0 saturated heterocycles. The van der Waals surface area contributed by atoms with Crippen molar-refractivity contribution in [3.63, 3.8) is 0 Å². The van der Waals surface area contributed by atoms with Crippen molar-refractivity contribution in [2.24, 2.45) is 0 Å². The zero-order valence-corrected chi connectivity index (χ0v) is 12.9. The van der Waals surface area contributed by atoms with Gasteiger partial charge in [0.25, 0.3) is 0 Å². The van der Waals surface area contributed by atoms with Crippen LogP contribution in [0.25, 0.3) is 0 Å². The molecule has 0 aromatic carbocycles. The number of carbonyl (C=O) groups excluding carboxylic acids is 1. The molecule has 0 aliphatic rings. The van der Waals surface area contributed by atoms with Crippen LogP contribution in [0, 0.1) is 0 Å². The van der Waals surface area contributed by atoms with Gasteiger partial charge in [0.1, 0.15) is 0 Å². The number of carbonyl (C=O) groups is 1. The molecule has 0 spiro atoms. The lowest BCUT2D eigenvalue weighted by Gasteiger charge is -2.13. The highest BCUT2D eigenvalue weighted by molar-refractivity contribution is 7.80. The summed E-state index contributed by atoms with van der Waals surface area (Å²) in [6.45, 7) is 1.09. The normalized spacial score (nSPS) is 7.08. The van der Waals surface area contributed by atoms with Gasteiger partial charge in [0.2, 0.25) is 5.79 Å². The molecule has 0 amide bonds. The third-order valence-corrected chi connectivity index (χ3v) is 1.23. The van der Waals surface area contributed by atoms with E-state index in [4.69, 9.17) is 10.2 Å². The molecule has 0 heterocycles. The Morgan fingerprint density at radius 1 is 1.15 bits per heavy atom. The predicted octanol–water partition coefficient (Wildman–Crippen LogP) is -0.250. The molecule has 9 heteroatoms. The monoisotopic (exact) mass is 306 g/mol. The second kappa shape index (κ2) is 16.1. The van der Waals surface area contributed by atoms with Gasteiger partial charge in [0.15, 0.2) is 5.78 Å². The number of hydrogen-bond donors (Lipinski definition) is 3. The fourth-order valence-electron chi connectivity index (χ4n) is 0.111. The first kappa shape index (κ1) is 36.5. The Morgan fingerprint density at radius 3 is 1.38 bits per heavy atom. The molecule has 0 aromatic rings. The van der Waals surface area contributed by atoms with Crippen molar-refractivity contribution in [3.05, 3.63) is 0 Å². The van der Waals surface area contributed by atoms with Gasteiger partial charge < -0.3 is 10.2 Å². The summed E-state index contributed by atoms with van der Waals surface area (Å²) in [5.41, 5.74) is 0. The average molecular weight is 307 g/mol. The first-order valence-corrected chi connectivity index (χ1v) is 2.70. The Kier molecular flexibility index (Phi) is 45.2. The van der Waals surface area contributed by atoms with Gasteiger partial charge in [0.05, 0.1) is 5.75 Å². The van der Waals surface area contributed by atoms with E-state index >= 15 is 0 Å². The number of aliphatic hydroxyl groups is 2. The summed E-state index contributed by atoms with van der Waals surface area (Å²) in [6, 6.07) is 0. The molecule has 0 rings (SSSR count). The molecule has 0 aromatic heterocycles. The van der Waals surface area contributed by atoms with E-state index in [-0.39, 0.29) is 73.2 Å². The fraction of sp³-hybridized carbons (Fsp3) is 0.750. The van der Waals surface area contributed by atoms with Gasteiger partial charge in [-0.1, -0.05) is 0 Å². The lowest BCUT2D eigenvalue weighted by Crippen LogP contribution is -2.38. The first-order valence-electron chi connectivity index (χ1n) is 2.07. The molecule has 13 heavy (non-hydrogen) atoms. The molecule has 3 nitrogen and oxygen atoms in total. The van der Waals surface area contributed by atoms with E-state index in [2.05, 4.69) is 12.6 Å². The molecule has 88 valence electrons. The average Bonchev–Trinajstić information content (AvgIpc) is 1.67. The van der Waals surface area contributed by atoms with Gasteiger partial charge >= 0.3 is 0 Å². The number of thiol groups is 1. The van der Waals surface area contributed by atoms with Crippen LogP contribution in [-0.2, 0) is 4.79 Å². The topological polar surface area (TPSA) is 57.5 Å². The minimum absolute atomic E-state index is 0. The van der Waals surface area contributed by atoms with Crippen LogP contribution in [0.3, 0.4) is 0 Å². The van der Waals surface area contributed by atoms with Gasteiger partial charge in [0, 0.05) is 6.92 Å². The standard InChI is InChI=1S/C4H8O3S.5H2S/c1-3(5)4(6,7)2-8;;;;;/h6-8H,2H2,1H3;5*1H2. The Hall–Kier alpha value is 1.69. The molecular formula is C4H18O3S6. The maximum Gasteiger partial charge on any atom is 0.232 e. The molecule has 0 radical (unpaired) electrons. The number of rotatable bonds is 2. The second-order valence-corrected chi connectivity index (χ2v) is 1.85. The van der Waals surface area contributed by atoms with E-state index < -0.39 is 11.6 Å².